The summed E-state index contributed by atoms with van der Waals surface area (Å²) in [4.78, 5) is 60.3. The summed E-state index contributed by atoms with van der Waals surface area (Å²) in [7, 11) is -5.20. The molecule has 0 saturated carbocycles. The van der Waals surface area contributed by atoms with Crippen molar-refractivity contribution >= 4 is 45.2 Å². The van der Waals surface area contributed by atoms with Gasteiger partial charge in [0, 0.05) is 6.07 Å². The van der Waals surface area contributed by atoms with E-state index in [2.05, 4.69) is 0 Å². The second-order valence-corrected chi connectivity index (χ2v) is 10.1. The van der Waals surface area contributed by atoms with E-state index >= 15 is 0 Å². The van der Waals surface area contributed by atoms with Crippen LogP contribution in [0.25, 0.3) is 0 Å². The van der Waals surface area contributed by atoms with E-state index in [1.165, 1.54) is 48.5 Å². The first-order chi connectivity index (χ1) is 19.9. The molecule has 212 valence electrons. The maximum atomic E-state index is 14.0. The predicted octanol–water partition coefficient (Wildman–Crippen LogP) is 4.25. The lowest BCUT2D eigenvalue weighted by molar-refractivity contribution is -0.387. The van der Waals surface area contributed by atoms with Crippen molar-refractivity contribution in [3.63, 3.8) is 0 Å². The lowest BCUT2D eigenvalue weighted by Gasteiger charge is -2.25. The number of esters is 1. The van der Waals surface area contributed by atoms with Crippen LogP contribution in [0.15, 0.2) is 102 Å². The number of nitro groups is 1. The van der Waals surface area contributed by atoms with E-state index in [1.54, 1.807) is 0 Å². The van der Waals surface area contributed by atoms with Gasteiger partial charge in [0.25, 0.3) is 21.6 Å². The Balaban J connectivity index is 1.95. The smallest absolute Gasteiger partial charge is 0.344 e. The minimum atomic E-state index is -5.20. The van der Waals surface area contributed by atoms with E-state index in [0.717, 1.165) is 48.5 Å². The summed E-state index contributed by atoms with van der Waals surface area (Å²) in [5.41, 5.74) is -3.47. The number of carbonyl (C=O) groups excluding carboxylic acids is 2. The highest BCUT2D eigenvalue weighted by molar-refractivity contribution is 7.93. The SMILES string of the molecule is O=C(O)c1ccccc1C(=O)Oc1ccccc1N(C(=O)c1ccccc1C(=O)O)S(=O)(=O)c1ccccc1[N+](=O)[O-]. The summed E-state index contributed by atoms with van der Waals surface area (Å²) in [6.07, 6.45) is 0. The Morgan fingerprint density at radius 3 is 1.76 bits per heavy atom. The van der Waals surface area contributed by atoms with E-state index in [4.69, 9.17) is 4.74 Å². The average molecular weight is 591 g/mol. The van der Waals surface area contributed by atoms with Crippen LogP contribution in [0.1, 0.15) is 41.4 Å². The monoisotopic (exact) mass is 590 g/mol. The number of aromatic carboxylic acids is 2. The summed E-state index contributed by atoms with van der Waals surface area (Å²) in [6.45, 7) is 0. The molecule has 4 aromatic rings. The first kappa shape index (κ1) is 29.1. The molecular formula is C28H18N2O11S. The van der Waals surface area contributed by atoms with Gasteiger partial charge in [-0.05, 0) is 42.5 Å². The molecule has 4 aromatic carbocycles. The lowest BCUT2D eigenvalue weighted by Crippen LogP contribution is -2.38. The zero-order chi connectivity index (χ0) is 30.6. The van der Waals surface area contributed by atoms with Crippen molar-refractivity contribution in [2.24, 2.45) is 0 Å². The first-order valence-electron chi connectivity index (χ1n) is 11.7. The number of carboxylic acid groups (broad SMARTS) is 2. The summed E-state index contributed by atoms with van der Waals surface area (Å²) in [6, 6.07) is 18.6. The van der Waals surface area contributed by atoms with Crippen molar-refractivity contribution in [3.8, 4) is 5.75 Å². The van der Waals surface area contributed by atoms with Gasteiger partial charge in [0.2, 0.25) is 0 Å². The number of carboxylic acids is 2. The molecule has 0 aliphatic rings. The second-order valence-electron chi connectivity index (χ2n) is 8.36. The van der Waals surface area contributed by atoms with Crippen LogP contribution in [0.2, 0.25) is 0 Å². The van der Waals surface area contributed by atoms with Crippen LogP contribution in [-0.4, -0.2) is 47.4 Å². The molecule has 0 spiro atoms. The molecule has 0 atom stereocenters. The molecule has 14 heteroatoms. The topological polar surface area (TPSA) is 198 Å². The van der Waals surface area contributed by atoms with Gasteiger partial charge in [-0.3, -0.25) is 14.9 Å². The Morgan fingerprint density at radius 1 is 0.690 bits per heavy atom. The van der Waals surface area contributed by atoms with Crippen molar-refractivity contribution in [3.05, 3.63) is 129 Å². The van der Waals surface area contributed by atoms with Crippen molar-refractivity contribution in [1.29, 1.82) is 0 Å². The van der Waals surface area contributed by atoms with Crippen LogP contribution in [0, 0.1) is 10.1 Å². The number of para-hydroxylation sites is 3. The zero-order valence-corrected chi connectivity index (χ0v) is 21.9. The molecule has 0 fully saturated rings. The predicted molar refractivity (Wildman–Crippen MR) is 145 cm³/mol. The van der Waals surface area contributed by atoms with Gasteiger partial charge in [-0.15, -0.1) is 0 Å². The molecule has 2 N–H and O–H groups in total. The molecule has 4 rings (SSSR count). The van der Waals surface area contributed by atoms with Crippen LogP contribution >= 0.6 is 0 Å². The third-order valence-electron chi connectivity index (χ3n) is 5.82. The van der Waals surface area contributed by atoms with E-state index in [1.807, 2.05) is 0 Å². The Hall–Kier alpha value is -5.89. The molecule has 42 heavy (non-hydrogen) atoms. The number of amides is 1. The third kappa shape index (κ3) is 5.55. The highest BCUT2D eigenvalue weighted by atomic mass is 32.2. The quantitative estimate of drug-likeness (QED) is 0.122. The molecule has 1 amide bonds. The molecule has 0 aromatic heterocycles. The summed E-state index contributed by atoms with van der Waals surface area (Å²) in [5, 5.41) is 30.8. The number of carbonyl (C=O) groups is 4. The van der Waals surface area contributed by atoms with Gasteiger partial charge in [-0.2, -0.15) is 4.31 Å². The normalized spacial score (nSPS) is 10.9. The third-order valence-corrected chi connectivity index (χ3v) is 7.56. The van der Waals surface area contributed by atoms with Crippen molar-refractivity contribution in [2.45, 2.75) is 4.90 Å². The van der Waals surface area contributed by atoms with Crippen molar-refractivity contribution in [2.75, 3.05) is 4.31 Å². The van der Waals surface area contributed by atoms with E-state index < -0.39 is 83.0 Å². The Labute approximate surface area is 237 Å². The number of ether oxygens (including phenoxy) is 1. The standard InChI is InChI=1S/C28H18N2O11S/c31-25(17-9-1-2-10-18(17)26(32)33)29(42(39,40)24-16-8-6-14-22(24)30(37)38)21-13-5-7-15-23(21)41-28(36)20-12-4-3-11-19(20)27(34)35/h1-16H,(H,32,33)(H,34,35). The maximum absolute atomic E-state index is 14.0. The minimum absolute atomic E-state index is 0.100. The van der Waals surface area contributed by atoms with Crippen LogP contribution in [-0.2, 0) is 10.0 Å². The fraction of sp³-hybridized carbons (Fsp3) is 0. The van der Waals surface area contributed by atoms with Crippen LogP contribution in [0.4, 0.5) is 11.4 Å². The van der Waals surface area contributed by atoms with Crippen LogP contribution in [0.3, 0.4) is 0 Å². The number of sulfonamides is 1. The second kappa shape index (κ2) is 11.7. The Morgan fingerprint density at radius 2 is 1.17 bits per heavy atom. The zero-order valence-electron chi connectivity index (χ0n) is 21.1. The highest BCUT2D eigenvalue weighted by Crippen LogP contribution is 2.37. The van der Waals surface area contributed by atoms with E-state index in [-0.39, 0.29) is 4.31 Å². The first-order valence-corrected chi connectivity index (χ1v) is 13.2. The molecule has 0 unspecified atom stereocenters. The van der Waals surface area contributed by atoms with Crippen LogP contribution in [0.5, 0.6) is 5.75 Å². The van der Waals surface area contributed by atoms with Crippen LogP contribution < -0.4 is 9.04 Å². The van der Waals surface area contributed by atoms with Gasteiger partial charge in [0.1, 0.15) is 5.69 Å². The Kier molecular flexibility index (Phi) is 8.10. The van der Waals surface area contributed by atoms with Gasteiger partial charge < -0.3 is 14.9 Å². The summed E-state index contributed by atoms with van der Waals surface area (Å²) < 4.78 is 33.5. The Bertz CT molecular complexity index is 1870. The number of anilines is 1. The van der Waals surface area contributed by atoms with E-state index in [9.17, 15) is 47.9 Å². The maximum Gasteiger partial charge on any atom is 0.344 e. The molecular weight excluding hydrogens is 572 g/mol. The lowest BCUT2D eigenvalue weighted by atomic mass is 10.1. The largest absolute Gasteiger partial charge is 0.478 e. The van der Waals surface area contributed by atoms with Gasteiger partial charge in [-0.25, -0.2) is 22.8 Å². The average Bonchev–Trinajstić information content (AvgIpc) is 2.97. The fourth-order valence-corrected chi connectivity index (χ4v) is 5.53. The van der Waals surface area contributed by atoms with Gasteiger partial charge in [-0.1, -0.05) is 48.5 Å². The number of nitrogens with zero attached hydrogens (tertiary/aromatic N) is 2. The summed E-state index contributed by atoms with van der Waals surface area (Å²) >= 11 is 0. The van der Waals surface area contributed by atoms with Crippen molar-refractivity contribution in [1.82, 2.24) is 0 Å². The molecule has 0 aliphatic heterocycles. The van der Waals surface area contributed by atoms with Crippen molar-refractivity contribution < 1.29 is 47.5 Å². The molecule has 0 bridgehead atoms. The molecule has 0 saturated heterocycles. The molecule has 0 heterocycles. The highest BCUT2D eigenvalue weighted by Gasteiger charge is 2.39. The molecule has 13 nitrogen and oxygen atoms in total. The molecule has 0 aliphatic carbocycles. The number of nitro benzene ring substituents is 1. The summed E-state index contributed by atoms with van der Waals surface area (Å²) in [5.74, 6) is -6.21. The molecule has 0 radical (unpaired) electrons. The van der Waals surface area contributed by atoms with Gasteiger partial charge >= 0.3 is 17.9 Å². The fourth-order valence-electron chi connectivity index (χ4n) is 3.95. The van der Waals surface area contributed by atoms with Gasteiger partial charge in [0.05, 0.1) is 27.2 Å². The number of hydrogen-bond donors (Lipinski definition) is 2. The minimum Gasteiger partial charge on any atom is -0.478 e. The number of benzene rings is 4. The van der Waals surface area contributed by atoms with E-state index in [0.29, 0.717) is 0 Å². The van der Waals surface area contributed by atoms with Gasteiger partial charge in [0.15, 0.2) is 10.6 Å². The number of rotatable bonds is 9. The number of hydrogen-bond acceptors (Lipinski definition) is 9.